The Morgan fingerprint density at radius 3 is 2.83 bits per heavy atom. The summed E-state index contributed by atoms with van der Waals surface area (Å²) in [6.07, 6.45) is 0. The Morgan fingerprint density at radius 2 is 2.22 bits per heavy atom. The Bertz CT molecular complexity index is 386. The van der Waals surface area contributed by atoms with Gasteiger partial charge in [0.1, 0.15) is 17.1 Å². The third-order valence-corrected chi connectivity index (χ3v) is 2.62. The molecule has 1 aromatic rings. The van der Waals surface area contributed by atoms with Crippen LogP contribution < -0.4 is 5.32 Å². The van der Waals surface area contributed by atoms with Crippen LogP contribution in [0.2, 0.25) is 0 Å². The van der Waals surface area contributed by atoms with Crippen LogP contribution in [0.5, 0.6) is 0 Å². The fraction of sp³-hybridized carbons (Fsp3) is 0.615. The number of hydrogen-bond acceptors (Lipinski definition) is 5. The van der Waals surface area contributed by atoms with E-state index in [1.807, 2.05) is 0 Å². The molecule has 0 fully saturated rings. The number of nitrogens with one attached hydrogen (secondary N) is 1. The molecule has 0 aliphatic carbocycles. The summed E-state index contributed by atoms with van der Waals surface area (Å²) in [6.45, 7) is 6.00. The second-order valence-electron chi connectivity index (χ2n) is 4.37. The lowest BCUT2D eigenvalue weighted by Crippen LogP contribution is -2.23. The minimum absolute atomic E-state index is 0.366. The molecule has 1 N–H and O–H groups in total. The van der Waals surface area contributed by atoms with Gasteiger partial charge in [0, 0.05) is 20.3 Å². The zero-order chi connectivity index (χ0) is 13.5. The third-order valence-electron chi connectivity index (χ3n) is 2.62. The number of esters is 1. The minimum atomic E-state index is -0.366. The van der Waals surface area contributed by atoms with Crippen LogP contribution in [0.1, 0.15) is 28.8 Å². The fourth-order valence-corrected chi connectivity index (χ4v) is 1.73. The van der Waals surface area contributed by atoms with E-state index in [0.717, 1.165) is 18.9 Å². The van der Waals surface area contributed by atoms with E-state index in [0.29, 0.717) is 23.8 Å². The first-order valence-electron chi connectivity index (χ1n) is 5.95. The Morgan fingerprint density at radius 1 is 1.50 bits per heavy atom. The molecule has 1 heterocycles. The normalized spacial score (nSPS) is 12.4. The lowest BCUT2D eigenvalue weighted by atomic mass is 10.2. The zero-order valence-electron chi connectivity index (χ0n) is 11.4. The topological polar surface area (TPSA) is 60.7 Å². The molecule has 0 saturated heterocycles. The molecule has 0 saturated carbocycles. The van der Waals surface area contributed by atoms with E-state index in [4.69, 9.17) is 9.15 Å². The maximum absolute atomic E-state index is 11.4. The molecular weight excluding hydrogens is 234 g/mol. The summed E-state index contributed by atoms with van der Waals surface area (Å²) in [7, 11) is 3.05. The average Bonchev–Trinajstić information content (AvgIpc) is 2.70. The second kappa shape index (κ2) is 7.18. The van der Waals surface area contributed by atoms with Crippen LogP contribution in [0.25, 0.3) is 0 Å². The van der Waals surface area contributed by atoms with Crippen molar-refractivity contribution in [3.05, 3.63) is 23.2 Å². The molecule has 18 heavy (non-hydrogen) atoms. The van der Waals surface area contributed by atoms with Crippen LogP contribution in [-0.4, -0.2) is 33.3 Å². The Balaban J connectivity index is 2.46. The predicted molar refractivity (Wildman–Crippen MR) is 67.5 cm³/mol. The van der Waals surface area contributed by atoms with E-state index in [1.165, 1.54) is 7.11 Å². The van der Waals surface area contributed by atoms with Gasteiger partial charge in [0.05, 0.1) is 13.7 Å². The SMILES string of the molecule is COCC(C)CNCc1cc(C(=O)OC)c(C)o1. The van der Waals surface area contributed by atoms with Gasteiger partial charge in [-0.1, -0.05) is 6.92 Å². The van der Waals surface area contributed by atoms with Gasteiger partial charge < -0.3 is 19.2 Å². The van der Waals surface area contributed by atoms with Crippen LogP contribution >= 0.6 is 0 Å². The van der Waals surface area contributed by atoms with Crippen molar-refractivity contribution in [2.24, 2.45) is 5.92 Å². The monoisotopic (exact) mass is 255 g/mol. The van der Waals surface area contributed by atoms with Crippen LogP contribution in [0.3, 0.4) is 0 Å². The number of furan rings is 1. The summed E-state index contributed by atoms with van der Waals surface area (Å²) in [6, 6.07) is 1.72. The number of rotatable bonds is 7. The van der Waals surface area contributed by atoms with Crippen LogP contribution in [0.15, 0.2) is 10.5 Å². The van der Waals surface area contributed by atoms with Crippen molar-refractivity contribution >= 4 is 5.97 Å². The number of hydrogen-bond donors (Lipinski definition) is 1. The lowest BCUT2D eigenvalue weighted by molar-refractivity contribution is 0.0599. The number of aryl methyl sites for hydroxylation is 1. The van der Waals surface area contributed by atoms with Gasteiger partial charge in [-0.05, 0) is 18.9 Å². The molecular formula is C13H21NO4. The highest BCUT2D eigenvalue weighted by atomic mass is 16.5. The van der Waals surface area contributed by atoms with Gasteiger partial charge in [0.15, 0.2) is 0 Å². The molecule has 5 nitrogen and oxygen atoms in total. The van der Waals surface area contributed by atoms with Gasteiger partial charge in [-0.3, -0.25) is 0 Å². The summed E-state index contributed by atoms with van der Waals surface area (Å²) in [5, 5.41) is 3.26. The van der Waals surface area contributed by atoms with Crippen molar-refractivity contribution in [1.29, 1.82) is 0 Å². The molecule has 0 bridgehead atoms. The highest BCUT2D eigenvalue weighted by Crippen LogP contribution is 2.15. The highest BCUT2D eigenvalue weighted by molar-refractivity contribution is 5.90. The highest BCUT2D eigenvalue weighted by Gasteiger charge is 2.15. The van der Waals surface area contributed by atoms with E-state index >= 15 is 0 Å². The maximum atomic E-state index is 11.4. The Hall–Kier alpha value is -1.33. The Labute approximate surface area is 107 Å². The molecule has 0 spiro atoms. The summed E-state index contributed by atoms with van der Waals surface area (Å²) in [4.78, 5) is 11.4. The first-order chi connectivity index (χ1) is 8.58. The summed E-state index contributed by atoms with van der Waals surface area (Å²) < 4.78 is 15.2. The van der Waals surface area contributed by atoms with E-state index in [1.54, 1.807) is 20.1 Å². The average molecular weight is 255 g/mol. The van der Waals surface area contributed by atoms with Gasteiger partial charge >= 0.3 is 5.97 Å². The predicted octanol–water partition coefficient (Wildman–Crippen LogP) is 1.75. The van der Waals surface area contributed by atoms with Crippen molar-refractivity contribution in [3.63, 3.8) is 0 Å². The molecule has 1 rings (SSSR count). The summed E-state index contributed by atoms with van der Waals surface area (Å²) in [5.41, 5.74) is 0.485. The lowest BCUT2D eigenvalue weighted by Gasteiger charge is -2.10. The van der Waals surface area contributed by atoms with Crippen LogP contribution in [0, 0.1) is 12.8 Å². The zero-order valence-corrected chi connectivity index (χ0v) is 11.4. The molecule has 1 aromatic heterocycles. The van der Waals surface area contributed by atoms with Crippen LogP contribution in [-0.2, 0) is 16.0 Å². The van der Waals surface area contributed by atoms with E-state index in [2.05, 4.69) is 17.0 Å². The molecule has 1 unspecified atom stereocenters. The molecule has 102 valence electrons. The van der Waals surface area contributed by atoms with Crippen molar-refractivity contribution in [1.82, 2.24) is 5.32 Å². The van der Waals surface area contributed by atoms with E-state index in [9.17, 15) is 4.79 Å². The summed E-state index contributed by atoms with van der Waals surface area (Å²) >= 11 is 0. The van der Waals surface area contributed by atoms with Crippen LogP contribution in [0.4, 0.5) is 0 Å². The maximum Gasteiger partial charge on any atom is 0.341 e. The largest absolute Gasteiger partial charge is 0.465 e. The van der Waals surface area contributed by atoms with E-state index < -0.39 is 0 Å². The van der Waals surface area contributed by atoms with Crippen molar-refractivity contribution in [3.8, 4) is 0 Å². The molecule has 0 aromatic carbocycles. The molecule has 0 aliphatic heterocycles. The first-order valence-corrected chi connectivity index (χ1v) is 5.95. The molecule has 0 aliphatic rings. The first kappa shape index (κ1) is 14.7. The van der Waals surface area contributed by atoms with Gasteiger partial charge in [-0.25, -0.2) is 4.79 Å². The number of carbonyl (C=O) groups excluding carboxylic acids is 1. The third kappa shape index (κ3) is 4.16. The fourth-order valence-electron chi connectivity index (χ4n) is 1.73. The number of carbonyl (C=O) groups is 1. The van der Waals surface area contributed by atoms with Crippen molar-refractivity contribution in [2.45, 2.75) is 20.4 Å². The minimum Gasteiger partial charge on any atom is -0.465 e. The van der Waals surface area contributed by atoms with E-state index in [-0.39, 0.29) is 5.97 Å². The molecule has 0 radical (unpaired) electrons. The standard InChI is InChI=1S/C13H21NO4/c1-9(8-16-3)6-14-7-11-5-12(10(2)18-11)13(15)17-4/h5,9,14H,6-8H2,1-4H3. The van der Waals surface area contributed by atoms with Crippen molar-refractivity contribution < 1.29 is 18.7 Å². The van der Waals surface area contributed by atoms with Gasteiger partial charge in [0.25, 0.3) is 0 Å². The molecule has 5 heteroatoms. The molecule has 1 atom stereocenters. The van der Waals surface area contributed by atoms with Gasteiger partial charge in [0.2, 0.25) is 0 Å². The molecule has 0 amide bonds. The number of ether oxygens (including phenoxy) is 2. The summed E-state index contributed by atoms with van der Waals surface area (Å²) in [5.74, 6) is 1.39. The van der Waals surface area contributed by atoms with Gasteiger partial charge in [-0.2, -0.15) is 0 Å². The van der Waals surface area contributed by atoms with Crippen molar-refractivity contribution in [2.75, 3.05) is 27.4 Å². The smallest absolute Gasteiger partial charge is 0.341 e. The number of methoxy groups -OCH3 is 2. The Kier molecular flexibility index (Phi) is 5.88. The second-order valence-corrected chi connectivity index (χ2v) is 4.37. The quantitative estimate of drug-likeness (QED) is 0.752. The van der Waals surface area contributed by atoms with Gasteiger partial charge in [-0.15, -0.1) is 0 Å².